The lowest BCUT2D eigenvalue weighted by Crippen LogP contribution is -2.54. The SMILES string of the molecule is CN(C)CCCC(=O)Oc1ccccc1-c1cc(-n2cc(N3CCN(C4CCC(c5cccc6c5OCCN6[C@H]5CCC(=O)NC5=O)CC4)CC3=O)cn2)c(N)nn1.Cl. The molecular weight excluding hydrogens is 776 g/mol. The van der Waals surface area contributed by atoms with Crippen LogP contribution in [0.5, 0.6) is 11.5 Å². The van der Waals surface area contributed by atoms with Gasteiger partial charge in [-0.15, -0.1) is 22.6 Å². The van der Waals surface area contributed by atoms with Gasteiger partial charge < -0.3 is 29.9 Å². The first kappa shape index (κ1) is 41.6. The van der Waals surface area contributed by atoms with Crippen molar-refractivity contribution in [2.45, 2.75) is 69.4 Å². The van der Waals surface area contributed by atoms with Crippen LogP contribution in [0.1, 0.15) is 62.8 Å². The summed E-state index contributed by atoms with van der Waals surface area (Å²) >= 11 is 0. The molecule has 2 saturated heterocycles. The largest absolute Gasteiger partial charge is 0.489 e. The van der Waals surface area contributed by atoms with E-state index in [0.29, 0.717) is 85.8 Å². The molecule has 0 bridgehead atoms. The first-order chi connectivity index (χ1) is 28.1. The number of para-hydroxylation sites is 2. The van der Waals surface area contributed by atoms with Gasteiger partial charge in [0.25, 0.3) is 0 Å². The Kier molecular flexibility index (Phi) is 12.8. The van der Waals surface area contributed by atoms with E-state index < -0.39 is 0 Å². The summed E-state index contributed by atoms with van der Waals surface area (Å²) in [6.07, 6.45) is 9.11. The Morgan fingerprint density at radius 2 is 1.80 bits per heavy atom. The number of anilines is 3. The summed E-state index contributed by atoms with van der Waals surface area (Å²) < 4.78 is 13.6. The second-order valence-corrected chi connectivity index (χ2v) is 15.7. The summed E-state index contributed by atoms with van der Waals surface area (Å²) in [5, 5.41) is 15.5. The number of ether oxygens (including phenoxy) is 2. The van der Waals surface area contributed by atoms with Crippen LogP contribution in [-0.2, 0) is 19.2 Å². The fourth-order valence-electron chi connectivity index (χ4n) is 8.72. The molecule has 2 aromatic heterocycles. The zero-order valence-electron chi connectivity index (χ0n) is 33.4. The van der Waals surface area contributed by atoms with Gasteiger partial charge in [-0.2, -0.15) is 5.10 Å². The summed E-state index contributed by atoms with van der Waals surface area (Å²) in [4.78, 5) is 59.0. The van der Waals surface area contributed by atoms with E-state index in [0.717, 1.165) is 50.2 Å². The maximum Gasteiger partial charge on any atom is 0.311 e. The molecule has 4 aromatic rings. The van der Waals surface area contributed by atoms with Crippen molar-refractivity contribution in [1.82, 2.24) is 35.1 Å². The third-order valence-corrected chi connectivity index (χ3v) is 11.7. The van der Waals surface area contributed by atoms with Gasteiger partial charge in [-0.3, -0.25) is 29.4 Å². The first-order valence-corrected chi connectivity index (χ1v) is 20.2. The highest BCUT2D eigenvalue weighted by atomic mass is 35.5. The van der Waals surface area contributed by atoms with Crippen LogP contribution in [0.2, 0.25) is 0 Å². The van der Waals surface area contributed by atoms with Crippen LogP contribution in [-0.4, -0.2) is 119 Å². The van der Waals surface area contributed by atoms with E-state index in [-0.39, 0.29) is 54.4 Å². The standard InChI is InChI=1S/C42H50N10O6.ClH/c1-48(2)18-6-11-39(55)58-36-10-4-3-7-31(36)32-23-35(41(43)47-46-32)52-25-29(24-44-52)50-20-19-49(26-38(50)54)28-14-12-27(13-15-28)30-8-5-9-33-40(30)57-22-21-51(33)34-16-17-37(53)45-42(34)56;/h3-5,7-10,23-25,27-28,34H,6,11-22,26H2,1-2H3,(H2,43,47)(H,45,53,56);1H/t27?,28?,34-;/m0./s1. The number of aromatic nitrogens is 4. The third kappa shape index (κ3) is 9.04. The second kappa shape index (κ2) is 18.1. The van der Waals surface area contributed by atoms with Gasteiger partial charge in [-0.25, -0.2) is 4.68 Å². The number of halogens is 1. The summed E-state index contributed by atoms with van der Waals surface area (Å²) in [6.45, 7) is 3.45. The Balaban J connectivity index is 0.00000528. The van der Waals surface area contributed by atoms with E-state index in [1.165, 1.54) is 5.56 Å². The minimum Gasteiger partial charge on any atom is -0.489 e. The van der Waals surface area contributed by atoms with Gasteiger partial charge in [0.1, 0.15) is 29.8 Å². The van der Waals surface area contributed by atoms with Gasteiger partial charge in [0.15, 0.2) is 5.82 Å². The fraction of sp³-hybridized carbons (Fsp3) is 0.452. The molecule has 0 unspecified atom stereocenters. The number of hydrogen-bond donors (Lipinski definition) is 2. The highest BCUT2D eigenvalue weighted by Crippen LogP contribution is 2.45. The van der Waals surface area contributed by atoms with Crippen LogP contribution >= 0.6 is 12.4 Å². The molecule has 1 saturated carbocycles. The first-order valence-electron chi connectivity index (χ1n) is 20.2. The second-order valence-electron chi connectivity index (χ2n) is 15.7. The van der Waals surface area contributed by atoms with Crippen molar-refractivity contribution >= 4 is 53.3 Å². The molecule has 1 aliphatic carbocycles. The number of carbonyl (C=O) groups is 4. The average Bonchev–Trinajstić information content (AvgIpc) is 3.71. The lowest BCUT2D eigenvalue weighted by atomic mass is 9.80. The number of piperazine rings is 1. The smallest absolute Gasteiger partial charge is 0.311 e. The van der Waals surface area contributed by atoms with Crippen LogP contribution in [0.25, 0.3) is 16.9 Å². The molecule has 312 valence electrons. The number of nitrogens with zero attached hydrogens (tertiary/aromatic N) is 8. The van der Waals surface area contributed by atoms with E-state index in [2.05, 4.69) is 36.5 Å². The van der Waals surface area contributed by atoms with E-state index in [4.69, 9.17) is 15.2 Å². The molecule has 4 aliphatic rings. The maximum absolute atomic E-state index is 13.7. The number of hydrogen-bond acceptors (Lipinski definition) is 13. The predicted molar refractivity (Wildman–Crippen MR) is 224 cm³/mol. The number of nitrogens with two attached hydrogens (primary N) is 1. The minimum atomic E-state index is -0.383. The normalized spacial score (nSPS) is 21.1. The number of fused-ring (bicyclic) bond motifs is 1. The van der Waals surface area contributed by atoms with Crippen LogP contribution in [0.15, 0.2) is 60.9 Å². The highest BCUT2D eigenvalue weighted by molar-refractivity contribution is 6.02. The molecule has 1 atom stereocenters. The summed E-state index contributed by atoms with van der Waals surface area (Å²) in [6, 6.07) is 15.0. The molecule has 59 heavy (non-hydrogen) atoms. The summed E-state index contributed by atoms with van der Waals surface area (Å²) in [5.41, 5.74) is 10.6. The van der Waals surface area contributed by atoms with Crippen LogP contribution in [0, 0.1) is 0 Å². The predicted octanol–water partition coefficient (Wildman–Crippen LogP) is 3.96. The Morgan fingerprint density at radius 3 is 2.58 bits per heavy atom. The minimum absolute atomic E-state index is 0. The van der Waals surface area contributed by atoms with Crippen molar-refractivity contribution in [3.63, 3.8) is 0 Å². The average molecular weight is 827 g/mol. The number of carbonyl (C=O) groups excluding carboxylic acids is 4. The van der Waals surface area contributed by atoms with Crippen molar-refractivity contribution in [3.8, 4) is 28.4 Å². The van der Waals surface area contributed by atoms with Gasteiger partial charge in [-0.1, -0.05) is 24.3 Å². The Bertz CT molecular complexity index is 2190. The van der Waals surface area contributed by atoms with E-state index in [9.17, 15) is 19.2 Å². The number of imide groups is 1. The van der Waals surface area contributed by atoms with Crippen LogP contribution in [0.4, 0.5) is 17.2 Å². The number of piperidine rings is 1. The van der Waals surface area contributed by atoms with Gasteiger partial charge in [0, 0.05) is 37.5 Å². The number of benzene rings is 2. The summed E-state index contributed by atoms with van der Waals surface area (Å²) in [5.74, 6) is 0.935. The number of nitrogens with one attached hydrogen (secondary N) is 1. The molecule has 5 heterocycles. The Labute approximate surface area is 349 Å². The molecule has 17 heteroatoms. The lowest BCUT2D eigenvalue weighted by molar-refractivity contribution is -0.135. The summed E-state index contributed by atoms with van der Waals surface area (Å²) in [7, 11) is 3.92. The van der Waals surface area contributed by atoms with Crippen LogP contribution in [0.3, 0.4) is 0 Å². The van der Waals surface area contributed by atoms with Gasteiger partial charge >= 0.3 is 5.97 Å². The van der Waals surface area contributed by atoms with Gasteiger partial charge in [0.05, 0.1) is 42.6 Å². The van der Waals surface area contributed by atoms with Crippen molar-refractivity contribution in [3.05, 3.63) is 66.5 Å². The van der Waals surface area contributed by atoms with Crippen LogP contribution < -0.4 is 30.3 Å². The van der Waals surface area contributed by atoms with Crippen molar-refractivity contribution in [1.29, 1.82) is 0 Å². The molecule has 0 spiro atoms. The molecule has 8 rings (SSSR count). The molecule has 0 radical (unpaired) electrons. The zero-order valence-corrected chi connectivity index (χ0v) is 34.2. The molecule has 3 amide bonds. The van der Waals surface area contributed by atoms with E-state index >= 15 is 0 Å². The molecule has 3 fully saturated rings. The zero-order chi connectivity index (χ0) is 40.3. The molecule has 3 aliphatic heterocycles. The maximum atomic E-state index is 13.7. The number of rotatable bonds is 11. The number of amides is 3. The topological polar surface area (TPSA) is 181 Å². The number of esters is 1. The van der Waals surface area contributed by atoms with E-state index in [1.807, 2.05) is 43.3 Å². The molecule has 16 nitrogen and oxygen atoms in total. The number of nitrogen functional groups attached to an aromatic ring is 1. The Hall–Kier alpha value is -5.58. The van der Waals surface area contributed by atoms with Gasteiger partial charge in [-0.05, 0) is 94.9 Å². The molecular formula is C42H51ClN10O6. The lowest BCUT2D eigenvalue weighted by Gasteiger charge is -2.42. The van der Waals surface area contributed by atoms with Crippen molar-refractivity contribution in [2.75, 3.05) is 69.0 Å². The molecule has 3 N–H and O–H groups in total. The fourth-order valence-corrected chi connectivity index (χ4v) is 8.72. The third-order valence-electron chi connectivity index (χ3n) is 11.7. The van der Waals surface area contributed by atoms with E-state index in [1.54, 1.807) is 40.2 Å². The monoisotopic (exact) mass is 826 g/mol. The van der Waals surface area contributed by atoms with Gasteiger partial charge in [0.2, 0.25) is 17.7 Å². The highest BCUT2D eigenvalue weighted by Gasteiger charge is 2.38. The molecule has 2 aromatic carbocycles. The Morgan fingerprint density at radius 1 is 0.983 bits per heavy atom. The quantitative estimate of drug-likeness (QED) is 0.126. The van der Waals surface area contributed by atoms with Crippen molar-refractivity contribution < 1.29 is 28.7 Å². The van der Waals surface area contributed by atoms with Crippen molar-refractivity contribution in [2.24, 2.45) is 0 Å².